The number of esters is 4. The summed E-state index contributed by atoms with van der Waals surface area (Å²) < 4.78 is 27.5. The van der Waals surface area contributed by atoms with E-state index in [0.29, 0.717) is 5.56 Å². The van der Waals surface area contributed by atoms with Crippen molar-refractivity contribution in [2.45, 2.75) is 45.3 Å². The van der Waals surface area contributed by atoms with Crippen molar-refractivity contribution in [2.24, 2.45) is 0 Å². The van der Waals surface area contributed by atoms with Crippen LogP contribution in [0.2, 0.25) is 0 Å². The Hall–Kier alpha value is -3.76. The number of ether oxygens (including phenoxy) is 5. The number of hydrogen-bond donors (Lipinski definition) is 0. The molecule has 0 saturated carbocycles. The summed E-state index contributed by atoms with van der Waals surface area (Å²) in [5.41, 5.74) is 0.702. The van der Waals surface area contributed by atoms with Crippen LogP contribution in [0.5, 0.6) is 0 Å². The third kappa shape index (κ3) is 5.97. The standard InChI is InChI=1S/C21H21N3O9S/c1-11(25)30-9-15-17(31-12(2)26)18(32-13(3)27)20(33-15)24-16(6-5-14-7-8-34-10-14)22-19(23-24)21(28)29-4/h7-8,10,15,17-18,20H,9H2,1-4H3/t15-,17-,18-,20-/m1/s1. The predicted octanol–water partition coefficient (Wildman–Crippen LogP) is 0.850. The van der Waals surface area contributed by atoms with Crippen LogP contribution < -0.4 is 0 Å². The number of nitrogens with zero attached hydrogens (tertiary/aromatic N) is 3. The molecule has 0 bridgehead atoms. The van der Waals surface area contributed by atoms with Gasteiger partial charge >= 0.3 is 23.9 Å². The van der Waals surface area contributed by atoms with Crippen molar-refractivity contribution in [2.75, 3.05) is 13.7 Å². The highest BCUT2D eigenvalue weighted by Gasteiger charge is 2.51. The highest BCUT2D eigenvalue weighted by molar-refractivity contribution is 7.08. The molecule has 1 aliphatic heterocycles. The quantitative estimate of drug-likeness (QED) is 0.322. The van der Waals surface area contributed by atoms with Gasteiger partial charge in [-0.1, -0.05) is 5.92 Å². The summed E-state index contributed by atoms with van der Waals surface area (Å²) in [5, 5.41) is 7.79. The van der Waals surface area contributed by atoms with Crippen molar-refractivity contribution in [1.82, 2.24) is 14.8 Å². The lowest BCUT2D eigenvalue weighted by Gasteiger charge is -2.23. The third-order valence-electron chi connectivity index (χ3n) is 4.42. The lowest BCUT2D eigenvalue weighted by Crippen LogP contribution is -2.40. The van der Waals surface area contributed by atoms with Crippen molar-refractivity contribution in [3.8, 4) is 11.8 Å². The third-order valence-corrected chi connectivity index (χ3v) is 5.10. The van der Waals surface area contributed by atoms with E-state index < -0.39 is 48.4 Å². The van der Waals surface area contributed by atoms with Crippen LogP contribution in [0.1, 0.15) is 49.0 Å². The lowest BCUT2D eigenvalue weighted by molar-refractivity contribution is -0.166. The Morgan fingerprint density at radius 1 is 1.09 bits per heavy atom. The molecule has 0 amide bonds. The second kappa shape index (κ2) is 10.9. The Kier molecular flexibility index (Phi) is 7.98. The Bertz CT molecular complexity index is 1130. The summed E-state index contributed by atoms with van der Waals surface area (Å²) in [7, 11) is 1.17. The van der Waals surface area contributed by atoms with Crippen molar-refractivity contribution in [3.05, 3.63) is 34.0 Å². The van der Waals surface area contributed by atoms with Gasteiger partial charge in [0.2, 0.25) is 5.82 Å². The highest BCUT2D eigenvalue weighted by atomic mass is 32.1. The van der Waals surface area contributed by atoms with Crippen LogP contribution in [0.25, 0.3) is 0 Å². The van der Waals surface area contributed by atoms with E-state index in [0.717, 1.165) is 4.68 Å². The molecular formula is C21H21N3O9S. The number of carbonyl (C=O) groups is 4. The molecule has 1 aliphatic rings. The molecule has 0 unspecified atom stereocenters. The first kappa shape index (κ1) is 24.9. The largest absolute Gasteiger partial charge is 0.463 e. The van der Waals surface area contributed by atoms with Crippen molar-refractivity contribution in [3.63, 3.8) is 0 Å². The molecule has 12 nitrogen and oxygen atoms in total. The van der Waals surface area contributed by atoms with E-state index in [2.05, 4.69) is 21.9 Å². The number of hydrogen-bond acceptors (Lipinski definition) is 12. The summed E-state index contributed by atoms with van der Waals surface area (Å²) in [6.07, 6.45) is -4.58. The molecule has 13 heteroatoms. The molecule has 0 aliphatic carbocycles. The fraction of sp³-hybridized carbons (Fsp3) is 0.429. The van der Waals surface area contributed by atoms with Gasteiger partial charge in [-0.05, 0) is 17.4 Å². The van der Waals surface area contributed by atoms with Gasteiger partial charge in [-0.2, -0.15) is 16.3 Å². The summed E-state index contributed by atoms with van der Waals surface area (Å²) >= 11 is 1.45. The summed E-state index contributed by atoms with van der Waals surface area (Å²) in [6.45, 7) is 3.24. The van der Waals surface area contributed by atoms with Crippen LogP contribution in [-0.4, -0.2) is 70.7 Å². The minimum atomic E-state index is -1.22. The maximum Gasteiger partial charge on any atom is 0.378 e. The fourth-order valence-electron chi connectivity index (χ4n) is 3.12. The van der Waals surface area contributed by atoms with Gasteiger partial charge in [0.15, 0.2) is 18.4 Å². The molecule has 0 radical (unpaired) electrons. The van der Waals surface area contributed by atoms with Crippen molar-refractivity contribution < 1.29 is 42.9 Å². The van der Waals surface area contributed by atoms with E-state index in [1.807, 2.05) is 10.8 Å². The van der Waals surface area contributed by atoms with E-state index in [9.17, 15) is 19.2 Å². The predicted molar refractivity (Wildman–Crippen MR) is 113 cm³/mol. The average Bonchev–Trinajstić information content (AvgIpc) is 3.50. The highest BCUT2D eigenvalue weighted by Crippen LogP contribution is 2.34. The topological polar surface area (TPSA) is 145 Å². The van der Waals surface area contributed by atoms with Gasteiger partial charge in [0.1, 0.15) is 12.7 Å². The Morgan fingerprint density at radius 3 is 2.38 bits per heavy atom. The first-order chi connectivity index (χ1) is 16.2. The molecule has 34 heavy (non-hydrogen) atoms. The second-order valence-electron chi connectivity index (χ2n) is 6.97. The minimum absolute atomic E-state index is 0.00321. The summed E-state index contributed by atoms with van der Waals surface area (Å²) in [4.78, 5) is 51.1. The molecule has 3 rings (SSSR count). The lowest BCUT2D eigenvalue weighted by atomic mass is 10.1. The molecule has 2 aromatic rings. The van der Waals surface area contributed by atoms with E-state index >= 15 is 0 Å². The van der Waals surface area contributed by atoms with E-state index in [4.69, 9.17) is 23.7 Å². The van der Waals surface area contributed by atoms with Gasteiger partial charge < -0.3 is 23.7 Å². The maximum absolute atomic E-state index is 12.1. The molecule has 3 heterocycles. The zero-order valence-electron chi connectivity index (χ0n) is 18.7. The molecule has 1 saturated heterocycles. The number of rotatable bonds is 6. The molecular weight excluding hydrogens is 470 g/mol. The van der Waals surface area contributed by atoms with Crippen molar-refractivity contribution in [1.29, 1.82) is 0 Å². The van der Waals surface area contributed by atoms with Crippen LogP contribution in [0.3, 0.4) is 0 Å². The molecule has 0 N–H and O–H groups in total. The summed E-state index contributed by atoms with van der Waals surface area (Å²) in [6, 6.07) is 1.79. The number of aromatic nitrogens is 3. The first-order valence-corrected chi connectivity index (χ1v) is 10.9. The van der Waals surface area contributed by atoms with Crippen LogP contribution in [0.4, 0.5) is 0 Å². The van der Waals surface area contributed by atoms with Gasteiger partial charge in [0.25, 0.3) is 5.82 Å². The first-order valence-electron chi connectivity index (χ1n) is 9.92. The molecule has 0 spiro atoms. The van der Waals surface area contributed by atoms with E-state index in [1.165, 1.54) is 39.2 Å². The number of carbonyl (C=O) groups excluding carboxylic acids is 4. The minimum Gasteiger partial charge on any atom is -0.463 e. The zero-order chi connectivity index (χ0) is 24.8. The molecule has 1 fully saturated rings. The van der Waals surface area contributed by atoms with Crippen molar-refractivity contribution >= 4 is 35.2 Å². The van der Waals surface area contributed by atoms with Crippen LogP contribution in [-0.2, 0) is 38.1 Å². The van der Waals surface area contributed by atoms with Crippen LogP contribution in [0.15, 0.2) is 16.8 Å². The molecule has 2 aromatic heterocycles. The second-order valence-corrected chi connectivity index (χ2v) is 7.75. The summed E-state index contributed by atoms with van der Waals surface area (Å²) in [5.74, 6) is 2.61. The number of thiophene rings is 1. The number of methoxy groups -OCH3 is 1. The zero-order valence-corrected chi connectivity index (χ0v) is 19.5. The van der Waals surface area contributed by atoms with Gasteiger partial charge in [0, 0.05) is 31.7 Å². The Labute approximate surface area is 198 Å². The van der Waals surface area contributed by atoms with E-state index in [1.54, 1.807) is 6.07 Å². The normalized spacial score (nSPS) is 21.2. The molecule has 180 valence electrons. The fourth-order valence-corrected chi connectivity index (χ4v) is 3.70. The average molecular weight is 491 g/mol. The van der Waals surface area contributed by atoms with Gasteiger partial charge in [0.05, 0.1) is 7.11 Å². The van der Waals surface area contributed by atoms with E-state index in [-0.39, 0.29) is 18.3 Å². The Balaban J connectivity index is 2.06. The van der Waals surface area contributed by atoms with Gasteiger partial charge in [-0.15, -0.1) is 5.10 Å². The van der Waals surface area contributed by atoms with Crippen LogP contribution in [0, 0.1) is 11.8 Å². The molecule has 4 atom stereocenters. The Morgan fingerprint density at radius 2 is 1.79 bits per heavy atom. The maximum atomic E-state index is 12.1. The van der Waals surface area contributed by atoms with Gasteiger partial charge in [-0.3, -0.25) is 14.4 Å². The van der Waals surface area contributed by atoms with Crippen LogP contribution >= 0.6 is 11.3 Å². The monoisotopic (exact) mass is 491 g/mol. The SMILES string of the molecule is COC(=O)c1nc(C#Cc2ccsc2)n([C@@H]2O[C@H](COC(C)=O)[C@@H](OC(C)=O)[C@H]2OC(C)=O)n1. The van der Waals surface area contributed by atoms with Gasteiger partial charge in [-0.25, -0.2) is 9.48 Å². The molecule has 0 aromatic carbocycles. The smallest absolute Gasteiger partial charge is 0.378 e.